The van der Waals surface area contributed by atoms with E-state index in [1.807, 2.05) is 19.9 Å². The molecule has 4 aromatic rings. The second-order valence-corrected chi connectivity index (χ2v) is 9.44. The summed E-state index contributed by atoms with van der Waals surface area (Å²) in [5.41, 5.74) is 6.11. The number of carbonyl (C=O) groups is 1. The topological polar surface area (TPSA) is 86.6 Å². The Bertz CT molecular complexity index is 1760. The van der Waals surface area contributed by atoms with Crippen LogP contribution in [-0.2, 0) is 12.7 Å². The van der Waals surface area contributed by atoms with Gasteiger partial charge < -0.3 is 16.1 Å². The maximum Gasteiger partial charge on any atom is 0.416 e. The Labute approximate surface area is 234 Å². The number of rotatable bonds is 5. The Kier molecular flexibility index (Phi) is 7.40. The molecule has 11 heteroatoms. The van der Waals surface area contributed by atoms with Crippen LogP contribution in [0, 0.1) is 18.8 Å². The van der Waals surface area contributed by atoms with E-state index in [1.165, 1.54) is 12.1 Å². The van der Waals surface area contributed by atoms with Crippen LogP contribution in [0.4, 0.5) is 24.8 Å². The van der Waals surface area contributed by atoms with E-state index >= 15 is 0 Å². The zero-order valence-electron chi connectivity index (χ0n) is 22.5. The summed E-state index contributed by atoms with van der Waals surface area (Å²) in [6.45, 7) is 3.73. The molecule has 0 aliphatic carbocycles. The molecule has 41 heavy (non-hydrogen) atoms. The highest BCUT2D eigenvalue weighted by molar-refractivity contribution is 6.04. The van der Waals surface area contributed by atoms with E-state index in [1.54, 1.807) is 65.5 Å². The normalized spacial score (nSPS) is 12.8. The molecule has 0 saturated carbocycles. The van der Waals surface area contributed by atoms with Crippen molar-refractivity contribution >= 4 is 23.2 Å². The highest BCUT2D eigenvalue weighted by Gasteiger charge is 2.34. The molecule has 5 rings (SSSR count). The summed E-state index contributed by atoms with van der Waals surface area (Å²) in [7, 11) is 1.72. The summed E-state index contributed by atoms with van der Waals surface area (Å²) >= 11 is 0. The van der Waals surface area contributed by atoms with E-state index in [0.29, 0.717) is 22.7 Å². The fourth-order valence-corrected chi connectivity index (χ4v) is 4.17. The number of hydrogen-bond acceptors (Lipinski definition) is 6. The number of pyridine rings is 1. The van der Waals surface area contributed by atoms with Crippen molar-refractivity contribution in [2.24, 2.45) is 0 Å². The van der Waals surface area contributed by atoms with Crippen molar-refractivity contribution in [3.05, 3.63) is 112 Å². The molecule has 1 aliphatic rings. The number of aromatic nitrogens is 3. The fourth-order valence-electron chi connectivity index (χ4n) is 4.17. The van der Waals surface area contributed by atoms with Gasteiger partial charge in [-0.25, -0.2) is 4.52 Å². The second-order valence-electron chi connectivity index (χ2n) is 9.44. The summed E-state index contributed by atoms with van der Waals surface area (Å²) in [6, 6.07) is 12.4. The maximum atomic E-state index is 13.9. The van der Waals surface area contributed by atoms with Crippen LogP contribution < -0.4 is 16.1 Å². The predicted molar refractivity (Wildman–Crippen MR) is 151 cm³/mol. The van der Waals surface area contributed by atoms with Gasteiger partial charge in [-0.2, -0.15) is 18.2 Å². The van der Waals surface area contributed by atoms with E-state index < -0.39 is 17.6 Å². The van der Waals surface area contributed by atoms with Gasteiger partial charge in [-0.1, -0.05) is 24.0 Å². The van der Waals surface area contributed by atoms with Gasteiger partial charge in [0.15, 0.2) is 5.65 Å². The number of fused-ring (bicyclic) bond motifs is 1. The molecule has 0 spiro atoms. The molecule has 0 bridgehead atoms. The summed E-state index contributed by atoms with van der Waals surface area (Å²) in [6.07, 6.45) is 2.34. The zero-order valence-corrected chi connectivity index (χ0v) is 22.5. The second kappa shape index (κ2) is 11.1. The number of aryl methyl sites for hydroxylation is 1. The Morgan fingerprint density at radius 3 is 2.61 bits per heavy atom. The summed E-state index contributed by atoms with van der Waals surface area (Å²) in [4.78, 5) is 17.5. The minimum Gasteiger partial charge on any atom is -0.356 e. The minimum atomic E-state index is -4.60. The number of amides is 1. The molecule has 2 aromatic carbocycles. The summed E-state index contributed by atoms with van der Waals surface area (Å²) in [5, 5.41) is 11.3. The van der Waals surface area contributed by atoms with Crippen molar-refractivity contribution < 1.29 is 18.0 Å². The van der Waals surface area contributed by atoms with Crippen LogP contribution in [0.25, 0.3) is 5.65 Å². The van der Waals surface area contributed by atoms with Crippen LogP contribution in [-0.4, -0.2) is 32.6 Å². The van der Waals surface area contributed by atoms with Gasteiger partial charge in [0.05, 0.1) is 17.7 Å². The number of halogens is 3. The number of benzene rings is 2. The molecule has 0 saturated heterocycles. The lowest BCUT2D eigenvalue weighted by Gasteiger charge is -2.25. The molecule has 0 radical (unpaired) electrons. The predicted octanol–water partition coefficient (Wildman–Crippen LogP) is 5.49. The molecule has 2 aromatic heterocycles. The van der Waals surface area contributed by atoms with Crippen molar-refractivity contribution in [1.29, 1.82) is 0 Å². The van der Waals surface area contributed by atoms with E-state index in [9.17, 15) is 18.0 Å². The third-order valence-electron chi connectivity index (χ3n) is 6.41. The molecular formula is C30H26F3N7O. The number of alkyl halides is 3. The smallest absolute Gasteiger partial charge is 0.356 e. The number of nitrogens with zero attached hydrogens (tertiary/aromatic N) is 4. The highest BCUT2D eigenvalue weighted by atomic mass is 19.4. The number of allylic oxidation sites excluding steroid dienone is 2. The third-order valence-corrected chi connectivity index (χ3v) is 6.41. The Balaban J connectivity index is 1.37. The molecule has 8 nitrogen and oxygen atoms in total. The van der Waals surface area contributed by atoms with Crippen LogP contribution in [0.3, 0.4) is 0 Å². The highest BCUT2D eigenvalue weighted by Crippen LogP contribution is 2.34. The van der Waals surface area contributed by atoms with Gasteiger partial charge >= 0.3 is 6.18 Å². The van der Waals surface area contributed by atoms with E-state index in [-0.39, 0.29) is 23.4 Å². The fraction of sp³-hybridized carbons (Fsp3) is 0.167. The zero-order chi connectivity index (χ0) is 29.1. The van der Waals surface area contributed by atoms with Crippen LogP contribution >= 0.6 is 0 Å². The third kappa shape index (κ3) is 6.17. The van der Waals surface area contributed by atoms with Crippen LogP contribution in [0.1, 0.15) is 45.1 Å². The number of anilines is 2. The van der Waals surface area contributed by atoms with Crippen molar-refractivity contribution in [3.63, 3.8) is 0 Å². The minimum absolute atomic E-state index is 0.0118. The average Bonchev–Trinajstić information content (AvgIpc) is 3.38. The average molecular weight is 558 g/mol. The van der Waals surface area contributed by atoms with Crippen molar-refractivity contribution in [2.75, 3.05) is 17.7 Å². The molecule has 1 amide bonds. The Hall–Kier alpha value is -5.24. The van der Waals surface area contributed by atoms with Crippen molar-refractivity contribution in [2.45, 2.75) is 26.6 Å². The number of carbonyl (C=O) groups excluding carboxylic acids is 1. The summed E-state index contributed by atoms with van der Waals surface area (Å²) < 4.78 is 43.4. The molecule has 1 aliphatic heterocycles. The van der Waals surface area contributed by atoms with Gasteiger partial charge in [0, 0.05) is 42.5 Å². The monoisotopic (exact) mass is 557 g/mol. The summed E-state index contributed by atoms with van der Waals surface area (Å²) in [5.74, 6) is 6.09. The van der Waals surface area contributed by atoms with Gasteiger partial charge in [0.2, 0.25) is 5.95 Å². The molecule has 0 fully saturated rings. The molecule has 3 N–H and O–H groups in total. The molecule has 3 heterocycles. The van der Waals surface area contributed by atoms with Gasteiger partial charge in [0.25, 0.3) is 5.91 Å². The lowest BCUT2D eigenvalue weighted by atomic mass is 10.0. The lowest BCUT2D eigenvalue weighted by molar-refractivity contribution is -0.138. The van der Waals surface area contributed by atoms with Crippen molar-refractivity contribution in [3.8, 4) is 11.8 Å². The van der Waals surface area contributed by atoms with E-state index in [0.717, 1.165) is 17.2 Å². The Morgan fingerprint density at radius 1 is 1.07 bits per heavy atom. The molecule has 0 atom stereocenters. The molecule has 208 valence electrons. The number of hydrazine groups is 1. The lowest BCUT2D eigenvalue weighted by Crippen LogP contribution is -2.31. The van der Waals surface area contributed by atoms with Crippen LogP contribution in [0.15, 0.2) is 78.8 Å². The quantitative estimate of drug-likeness (QED) is 0.282. The van der Waals surface area contributed by atoms with Crippen LogP contribution in [0.5, 0.6) is 0 Å². The first kappa shape index (κ1) is 27.3. The van der Waals surface area contributed by atoms with Gasteiger partial charge in [-0.05, 0) is 73.0 Å². The molecular weight excluding hydrogens is 531 g/mol. The van der Waals surface area contributed by atoms with E-state index in [4.69, 9.17) is 0 Å². The first-order valence-electron chi connectivity index (χ1n) is 12.7. The van der Waals surface area contributed by atoms with Crippen molar-refractivity contribution in [1.82, 2.24) is 25.0 Å². The first-order chi connectivity index (χ1) is 19.6. The Morgan fingerprint density at radius 2 is 1.88 bits per heavy atom. The maximum absolute atomic E-state index is 13.9. The molecule has 0 unspecified atom stereocenters. The van der Waals surface area contributed by atoms with Crippen LogP contribution in [0.2, 0.25) is 0 Å². The largest absolute Gasteiger partial charge is 0.416 e. The number of hydrogen-bond donors (Lipinski definition) is 3. The van der Waals surface area contributed by atoms with Gasteiger partial charge in [-0.15, -0.1) is 5.10 Å². The first-order valence-corrected chi connectivity index (χ1v) is 12.7. The van der Waals surface area contributed by atoms with Gasteiger partial charge in [-0.3, -0.25) is 9.80 Å². The SMILES string of the molecule is CNc1nc2c(C#Cc3cc(C(=O)Nc4ccc(CN5C=CC(C)=CN5)c(C(F)(F)F)c4)ccc3C)cccn2n1. The number of nitrogens with one attached hydrogen (secondary N) is 3. The van der Waals surface area contributed by atoms with E-state index in [2.05, 4.69) is 38.0 Å². The van der Waals surface area contributed by atoms with Gasteiger partial charge in [0.1, 0.15) is 0 Å². The standard InChI is InChI=1S/C30H26F3N7O/c1-19-12-14-39(35-17-19)18-24-10-11-25(16-26(24)30(31,32)33)36-28(41)23-7-6-20(2)22(15-23)9-8-21-5-4-13-40-27(21)37-29(34-3)38-40/h4-7,10-17,35H,18H2,1-3H3,(H,34,38)(H,36,41).